The van der Waals surface area contributed by atoms with Crippen molar-refractivity contribution in [3.8, 4) is 0 Å². The van der Waals surface area contributed by atoms with Crippen molar-refractivity contribution >= 4 is 23.2 Å². The van der Waals surface area contributed by atoms with Crippen LogP contribution in [0.2, 0.25) is 0 Å². The Labute approximate surface area is 172 Å². The van der Waals surface area contributed by atoms with E-state index in [1.54, 1.807) is 0 Å². The summed E-state index contributed by atoms with van der Waals surface area (Å²) in [5.74, 6) is 0.0347. The molecule has 1 atom stereocenters. The van der Waals surface area contributed by atoms with Crippen molar-refractivity contribution in [3.05, 3.63) is 59.7 Å². The number of piperidine rings is 1. The van der Waals surface area contributed by atoms with Gasteiger partial charge in [0, 0.05) is 44.1 Å². The summed E-state index contributed by atoms with van der Waals surface area (Å²) >= 11 is 0. The lowest BCUT2D eigenvalue weighted by Crippen LogP contribution is -2.61. The Morgan fingerprint density at radius 3 is 2.38 bits per heavy atom. The number of hydrogen-bond acceptors (Lipinski definition) is 3. The first-order valence-electron chi connectivity index (χ1n) is 10.4. The highest BCUT2D eigenvalue weighted by Gasteiger charge is 2.53. The van der Waals surface area contributed by atoms with Gasteiger partial charge in [0.05, 0.1) is 0 Å². The van der Waals surface area contributed by atoms with Crippen LogP contribution in [0.5, 0.6) is 0 Å². The minimum atomic E-state index is -0.714. The van der Waals surface area contributed by atoms with Crippen LogP contribution >= 0.6 is 0 Å². The van der Waals surface area contributed by atoms with Crippen LogP contribution in [-0.2, 0) is 4.79 Å². The third-order valence-corrected chi connectivity index (χ3v) is 6.30. The molecular weight excluding hydrogens is 362 g/mol. The van der Waals surface area contributed by atoms with Crippen LogP contribution in [0.4, 0.5) is 11.4 Å². The lowest BCUT2D eigenvalue weighted by Gasteiger charge is -2.44. The Morgan fingerprint density at radius 2 is 1.69 bits per heavy atom. The first-order valence-corrected chi connectivity index (χ1v) is 10.4. The molecule has 0 bridgehead atoms. The van der Waals surface area contributed by atoms with Crippen LogP contribution in [0, 0.1) is 6.92 Å². The first kappa shape index (κ1) is 19.5. The van der Waals surface area contributed by atoms with Crippen molar-refractivity contribution in [1.82, 2.24) is 4.90 Å². The molecule has 2 aliphatic rings. The molecule has 29 heavy (non-hydrogen) atoms. The van der Waals surface area contributed by atoms with Crippen LogP contribution in [0.1, 0.15) is 41.6 Å². The summed E-state index contributed by atoms with van der Waals surface area (Å²) in [7, 11) is 3.93. The zero-order valence-electron chi connectivity index (χ0n) is 17.5. The predicted octanol–water partition coefficient (Wildman–Crippen LogP) is 3.86. The molecule has 2 aromatic rings. The number of benzene rings is 2. The summed E-state index contributed by atoms with van der Waals surface area (Å²) in [6.07, 6.45) is 3.26. The number of hydrogen-bond donors (Lipinski definition) is 0. The number of nitrogens with zero attached hydrogens (tertiary/aromatic N) is 3. The average Bonchev–Trinajstić information content (AvgIpc) is 3.15. The zero-order valence-corrected chi connectivity index (χ0v) is 17.5. The Balaban J connectivity index is 1.65. The van der Waals surface area contributed by atoms with Crippen LogP contribution < -0.4 is 9.80 Å². The molecule has 0 aromatic heterocycles. The molecule has 152 valence electrons. The van der Waals surface area contributed by atoms with E-state index in [9.17, 15) is 9.59 Å². The smallest absolute Gasteiger partial charge is 0.254 e. The van der Waals surface area contributed by atoms with Gasteiger partial charge in [-0.1, -0.05) is 23.8 Å². The van der Waals surface area contributed by atoms with Gasteiger partial charge in [-0.2, -0.15) is 0 Å². The maximum atomic E-state index is 13.7. The molecule has 1 spiro atoms. The molecule has 5 nitrogen and oxygen atoms in total. The van der Waals surface area contributed by atoms with Crippen molar-refractivity contribution < 1.29 is 9.59 Å². The average molecular weight is 392 g/mol. The fourth-order valence-electron chi connectivity index (χ4n) is 4.69. The second-order valence-electron chi connectivity index (χ2n) is 8.43. The maximum absolute atomic E-state index is 13.7. The number of likely N-dealkylation sites (tertiary alicyclic amines) is 1. The van der Waals surface area contributed by atoms with E-state index in [2.05, 4.69) is 0 Å². The number of carbonyl (C=O) groups excluding carboxylic acids is 2. The minimum Gasteiger partial charge on any atom is -0.378 e. The lowest BCUT2D eigenvalue weighted by molar-refractivity contribution is -0.130. The number of rotatable bonds is 3. The van der Waals surface area contributed by atoms with Gasteiger partial charge in [-0.05, 0) is 62.9 Å². The van der Waals surface area contributed by atoms with Crippen molar-refractivity contribution in [2.24, 2.45) is 0 Å². The third-order valence-electron chi connectivity index (χ3n) is 6.30. The third kappa shape index (κ3) is 3.39. The maximum Gasteiger partial charge on any atom is 0.254 e. The Kier molecular flexibility index (Phi) is 5.07. The molecule has 2 amide bonds. The highest BCUT2D eigenvalue weighted by Crippen LogP contribution is 2.40. The Bertz CT molecular complexity index is 922. The standard InChI is InChI=1S/C24H29N3O2/c1-18-9-11-20(12-10-18)26-15-5-13-24(23(26)29)14-6-16-27(24)22(28)19-7-4-8-21(17-19)25(2)3/h4,7-12,17H,5-6,13-16H2,1-3H3. The normalized spacial score (nSPS) is 21.7. The fourth-order valence-corrected chi connectivity index (χ4v) is 4.69. The Hall–Kier alpha value is -2.82. The second kappa shape index (κ2) is 7.54. The highest BCUT2D eigenvalue weighted by molar-refractivity contribution is 6.06. The van der Waals surface area contributed by atoms with Gasteiger partial charge in [-0.3, -0.25) is 9.59 Å². The molecule has 0 aliphatic carbocycles. The quantitative estimate of drug-likeness (QED) is 0.798. The largest absolute Gasteiger partial charge is 0.378 e. The van der Waals surface area contributed by atoms with E-state index >= 15 is 0 Å². The lowest BCUT2D eigenvalue weighted by atomic mass is 9.84. The Morgan fingerprint density at radius 1 is 1.00 bits per heavy atom. The number of carbonyl (C=O) groups is 2. The monoisotopic (exact) mass is 391 g/mol. The molecule has 0 N–H and O–H groups in total. The fraction of sp³-hybridized carbons (Fsp3) is 0.417. The van der Waals surface area contributed by atoms with Crippen molar-refractivity contribution in [3.63, 3.8) is 0 Å². The van der Waals surface area contributed by atoms with Gasteiger partial charge in [-0.15, -0.1) is 0 Å². The molecule has 2 fully saturated rings. The molecule has 2 heterocycles. The summed E-state index contributed by atoms with van der Waals surface area (Å²) in [5, 5.41) is 0. The summed E-state index contributed by atoms with van der Waals surface area (Å²) in [4.78, 5) is 32.9. The topological polar surface area (TPSA) is 43.9 Å². The van der Waals surface area contributed by atoms with Gasteiger partial charge in [0.15, 0.2) is 0 Å². The van der Waals surface area contributed by atoms with E-state index in [4.69, 9.17) is 0 Å². The van der Waals surface area contributed by atoms with E-state index in [-0.39, 0.29) is 11.8 Å². The summed E-state index contributed by atoms with van der Waals surface area (Å²) in [6, 6.07) is 15.8. The van der Waals surface area contributed by atoms with E-state index in [0.717, 1.165) is 37.1 Å². The van der Waals surface area contributed by atoms with Gasteiger partial charge in [-0.25, -0.2) is 0 Å². The molecule has 2 aliphatic heterocycles. The van der Waals surface area contributed by atoms with Gasteiger partial charge in [0.2, 0.25) is 0 Å². The second-order valence-corrected chi connectivity index (χ2v) is 8.43. The summed E-state index contributed by atoms with van der Waals surface area (Å²) in [6.45, 7) is 3.39. The van der Waals surface area contributed by atoms with Crippen molar-refractivity contribution in [1.29, 1.82) is 0 Å². The number of aryl methyl sites for hydroxylation is 1. The van der Waals surface area contributed by atoms with E-state index in [1.807, 2.05) is 84.2 Å². The molecular formula is C24H29N3O2. The molecule has 0 radical (unpaired) electrons. The van der Waals surface area contributed by atoms with Gasteiger partial charge in [0.1, 0.15) is 5.54 Å². The first-order chi connectivity index (χ1) is 13.9. The summed E-state index contributed by atoms with van der Waals surface area (Å²) in [5.41, 5.74) is 3.02. The molecule has 2 saturated heterocycles. The predicted molar refractivity (Wildman–Crippen MR) is 117 cm³/mol. The number of amides is 2. The zero-order chi connectivity index (χ0) is 20.6. The SMILES string of the molecule is Cc1ccc(N2CCCC3(CCCN3C(=O)c3cccc(N(C)C)c3)C2=O)cc1. The van der Waals surface area contributed by atoms with E-state index in [0.29, 0.717) is 18.7 Å². The highest BCUT2D eigenvalue weighted by atomic mass is 16.2. The molecule has 5 heteroatoms. The minimum absolute atomic E-state index is 0.0368. The van der Waals surface area contributed by atoms with Gasteiger partial charge < -0.3 is 14.7 Å². The van der Waals surface area contributed by atoms with Crippen LogP contribution in [0.25, 0.3) is 0 Å². The van der Waals surface area contributed by atoms with Crippen LogP contribution in [0.15, 0.2) is 48.5 Å². The van der Waals surface area contributed by atoms with Crippen molar-refractivity contribution in [2.75, 3.05) is 37.0 Å². The number of anilines is 2. The van der Waals surface area contributed by atoms with Crippen LogP contribution in [0.3, 0.4) is 0 Å². The summed E-state index contributed by atoms with van der Waals surface area (Å²) < 4.78 is 0. The molecule has 0 saturated carbocycles. The van der Waals surface area contributed by atoms with Crippen LogP contribution in [-0.4, -0.2) is 49.4 Å². The molecule has 4 rings (SSSR count). The van der Waals surface area contributed by atoms with Crippen molar-refractivity contribution in [2.45, 2.75) is 38.1 Å². The molecule has 1 unspecified atom stereocenters. The molecule has 2 aromatic carbocycles. The van der Waals surface area contributed by atoms with Gasteiger partial charge in [0.25, 0.3) is 11.8 Å². The van der Waals surface area contributed by atoms with Gasteiger partial charge >= 0.3 is 0 Å². The van der Waals surface area contributed by atoms with E-state index < -0.39 is 5.54 Å². The van der Waals surface area contributed by atoms with E-state index in [1.165, 1.54) is 5.56 Å².